The summed E-state index contributed by atoms with van der Waals surface area (Å²) in [6, 6.07) is 32.7. The molecule has 9 heteroatoms. The fraction of sp³-hybridized carbons (Fsp3) is 0.0741. The molecule has 1 aliphatic heterocycles. The molecule has 0 bridgehead atoms. The van der Waals surface area contributed by atoms with E-state index in [0.717, 1.165) is 16.7 Å². The van der Waals surface area contributed by atoms with Crippen LogP contribution in [0.4, 0.5) is 5.69 Å². The second-order valence-corrected chi connectivity index (χ2v) is 10.8. The van der Waals surface area contributed by atoms with Gasteiger partial charge < -0.3 is 5.32 Å². The number of anilines is 1. The maximum absolute atomic E-state index is 13.1. The Morgan fingerprint density at radius 1 is 0.750 bits per heavy atom. The van der Waals surface area contributed by atoms with E-state index in [4.69, 9.17) is 0 Å². The van der Waals surface area contributed by atoms with Crippen molar-refractivity contribution in [2.75, 3.05) is 4.72 Å². The molecule has 1 fully saturated rings. The molecule has 182 valence electrons. The van der Waals surface area contributed by atoms with Crippen molar-refractivity contribution in [3.05, 3.63) is 120 Å². The third-order valence-corrected chi connectivity index (χ3v) is 7.95. The van der Waals surface area contributed by atoms with Crippen LogP contribution in [-0.4, -0.2) is 19.8 Å². The number of carbonyl (C=O) groups excluding carboxylic acids is 1. The van der Waals surface area contributed by atoms with E-state index in [9.17, 15) is 13.2 Å². The molecule has 0 radical (unpaired) electrons. The van der Waals surface area contributed by atoms with Crippen molar-refractivity contribution in [2.45, 2.75) is 16.6 Å². The van der Waals surface area contributed by atoms with Crippen LogP contribution in [0.25, 0.3) is 11.1 Å². The highest BCUT2D eigenvalue weighted by Crippen LogP contribution is 2.25. The van der Waals surface area contributed by atoms with E-state index < -0.39 is 21.4 Å². The lowest BCUT2D eigenvalue weighted by atomic mass is 10.1. The van der Waals surface area contributed by atoms with E-state index in [0.29, 0.717) is 0 Å². The Balaban J connectivity index is 1.28. The van der Waals surface area contributed by atoms with Gasteiger partial charge in [0.05, 0.1) is 22.3 Å². The Bertz CT molecular complexity index is 1450. The molecule has 1 amide bonds. The topological polar surface area (TPSA) is 99.3 Å². The maximum Gasteiger partial charge on any atom is 0.261 e. The molecular weight excluding hydrogens is 492 g/mol. The van der Waals surface area contributed by atoms with Crippen LogP contribution in [0.1, 0.15) is 22.1 Å². The minimum absolute atomic E-state index is 0.111. The minimum atomic E-state index is -3.90. The van der Waals surface area contributed by atoms with Gasteiger partial charge in [-0.2, -0.15) is 0 Å². The minimum Gasteiger partial charge on any atom is -0.327 e. The smallest absolute Gasteiger partial charge is 0.261 e. The van der Waals surface area contributed by atoms with Gasteiger partial charge in [0, 0.05) is 0 Å². The summed E-state index contributed by atoms with van der Waals surface area (Å²) in [6.07, 6.45) is -0.117. The van der Waals surface area contributed by atoms with Crippen LogP contribution < -0.4 is 20.1 Å². The average Bonchev–Trinajstić information content (AvgIpc) is 3.38. The molecular formula is C27H24N4O3S2. The quantitative estimate of drug-likeness (QED) is 0.266. The van der Waals surface area contributed by atoms with Gasteiger partial charge in [-0.05, 0) is 52.9 Å². The summed E-state index contributed by atoms with van der Waals surface area (Å²) in [5.74, 6) is -0.395. The Morgan fingerprint density at radius 3 is 2.08 bits per heavy atom. The molecule has 4 aromatic rings. The summed E-state index contributed by atoms with van der Waals surface area (Å²) in [7, 11) is -3.90. The molecule has 7 nitrogen and oxygen atoms in total. The van der Waals surface area contributed by atoms with Crippen molar-refractivity contribution < 1.29 is 13.2 Å². The van der Waals surface area contributed by atoms with Gasteiger partial charge in [-0.3, -0.25) is 14.8 Å². The van der Waals surface area contributed by atoms with Crippen LogP contribution in [0.15, 0.2) is 114 Å². The second-order valence-electron chi connectivity index (χ2n) is 8.14. The average molecular weight is 517 g/mol. The molecule has 5 rings (SSSR count). The summed E-state index contributed by atoms with van der Waals surface area (Å²) in [6.45, 7) is 0. The van der Waals surface area contributed by atoms with E-state index in [-0.39, 0.29) is 22.3 Å². The van der Waals surface area contributed by atoms with Crippen LogP contribution in [0.2, 0.25) is 0 Å². The zero-order chi connectivity index (χ0) is 25.0. The molecule has 0 spiro atoms. The van der Waals surface area contributed by atoms with Crippen molar-refractivity contribution in [2.24, 2.45) is 0 Å². The second kappa shape index (κ2) is 10.5. The first-order chi connectivity index (χ1) is 17.5. The zero-order valence-corrected chi connectivity index (χ0v) is 20.7. The fourth-order valence-electron chi connectivity index (χ4n) is 3.86. The molecule has 1 heterocycles. The Labute approximate surface area is 214 Å². The number of nitrogens with one attached hydrogen (secondary N) is 4. The van der Waals surface area contributed by atoms with Gasteiger partial charge >= 0.3 is 0 Å². The number of carbonyl (C=O) groups is 1. The highest BCUT2D eigenvalue weighted by atomic mass is 32.2. The van der Waals surface area contributed by atoms with E-state index >= 15 is 0 Å². The summed E-state index contributed by atoms with van der Waals surface area (Å²) >= 11 is 1.35. The molecule has 2 unspecified atom stereocenters. The van der Waals surface area contributed by atoms with Gasteiger partial charge in [-0.15, -0.1) is 0 Å². The molecule has 2 atom stereocenters. The van der Waals surface area contributed by atoms with Gasteiger partial charge in [0.15, 0.2) is 0 Å². The first kappa shape index (κ1) is 24.1. The molecule has 4 aromatic carbocycles. The maximum atomic E-state index is 13.1. The van der Waals surface area contributed by atoms with Crippen molar-refractivity contribution in [3.63, 3.8) is 0 Å². The summed E-state index contributed by atoms with van der Waals surface area (Å²) in [5.41, 5.74) is 3.01. The van der Waals surface area contributed by atoms with Crippen molar-refractivity contribution in [3.8, 4) is 11.1 Å². The fourth-order valence-corrected chi connectivity index (χ4v) is 5.79. The molecule has 36 heavy (non-hydrogen) atoms. The van der Waals surface area contributed by atoms with Crippen molar-refractivity contribution in [1.29, 1.82) is 0 Å². The lowest BCUT2D eigenvalue weighted by Gasteiger charge is -2.16. The third kappa shape index (κ3) is 5.44. The number of amides is 1. The van der Waals surface area contributed by atoms with Gasteiger partial charge in [0.25, 0.3) is 15.9 Å². The molecule has 1 saturated heterocycles. The number of sulfonamides is 1. The Morgan fingerprint density at radius 2 is 1.36 bits per heavy atom. The zero-order valence-electron chi connectivity index (χ0n) is 19.1. The van der Waals surface area contributed by atoms with E-state index in [1.54, 1.807) is 48.5 Å². The summed E-state index contributed by atoms with van der Waals surface area (Å²) < 4.78 is 32.0. The van der Waals surface area contributed by atoms with E-state index in [1.165, 1.54) is 11.9 Å². The standard InChI is InChI=1S/C27H24N4O3S2/c32-26(29-27-28-25(30-35-27)21-11-5-2-6-12-21)23-13-7-8-14-24(23)31-36(33,34)22-17-15-20(16-18-22)19-9-3-1-4-10-19/h1-18,25,27-28,30-31H,(H,29,32). The predicted molar refractivity (Wildman–Crippen MR) is 143 cm³/mol. The Kier molecular flexibility index (Phi) is 7.06. The Hall–Kier alpha value is -3.63. The van der Waals surface area contributed by atoms with Gasteiger partial charge in [-0.25, -0.2) is 13.1 Å². The van der Waals surface area contributed by atoms with Crippen molar-refractivity contribution >= 4 is 33.6 Å². The third-order valence-electron chi connectivity index (χ3n) is 5.70. The van der Waals surface area contributed by atoms with Gasteiger partial charge in [0.1, 0.15) is 5.50 Å². The number of hydrogen-bond acceptors (Lipinski definition) is 6. The first-order valence-corrected chi connectivity index (χ1v) is 13.7. The van der Waals surface area contributed by atoms with Crippen LogP contribution in [0.5, 0.6) is 0 Å². The van der Waals surface area contributed by atoms with Crippen LogP contribution in [0.3, 0.4) is 0 Å². The lowest BCUT2D eigenvalue weighted by molar-refractivity contribution is 0.0946. The highest BCUT2D eigenvalue weighted by molar-refractivity contribution is 7.98. The van der Waals surface area contributed by atoms with Crippen LogP contribution in [-0.2, 0) is 10.0 Å². The van der Waals surface area contributed by atoms with Crippen molar-refractivity contribution in [1.82, 2.24) is 15.4 Å². The van der Waals surface area contributed by atoms with Gasteiger partial charge in [0.2, 0.25) is 0 Å². The molecule has 0 saturated carbocycles. The monoisotopic (exact) mass is 516 g/mol. The largest absolute Gasteiger partial charge is 0.327 e. The summed E-state index contributed by atoms with van der Waals surface area (Å²) in [4.78, 5) is 13.2. The number of hydrogen-bond donors (Lipinski definition) is 4. The van der Waals surface area contributed by atoms with Crippen LogP contribution >= 0.6 is 11.9 Å². The lowest BCUT2D eigenvalue weighted by Crippen LogP contribution is -2.40. The molecule has 0 aromatic heterocycles. The first-order valence-electron chi connectivity index (χ1n) is 11.3. The van der Waals surface area contributed by atoms with Crippen LogP contribution in [0, 0.1) is 0 Å². The molecule has 1 aliphatic rings. The predicted octanol–water partition coefficient (Wildman–Crippen LogP) is 4.71. The normalized spacial score (nSPS) is 17.4. The number of rotatable bonds is 7. The van der Waals surface area contributed by atoms with E-state index in [2.05, 4.69) is 20.1 Å². The van der Waals surface area contributed by atoms with E-state index in [1.807, 2.05) is 60.7 Å². The number of para-hydroxylation sites is 1. The summed E-state index contributed by atoms with van der Waals surface area (Å²) in [5, 5.41) is 6.20. The molecule has 4 N–H and O–H groups in total. The number of benzene rings is 4. The SMILES string of the molecule is O=C(NC1NC(c2ccccc2)NS1)c1ccccc1NS(=O)(=O)c1ccc(-c2ccccc2)cc1. The van der Waals surface area contributed by atoms with Gasteiger partial charge in [-0.1, -0.05) is 84.9 Å². The molecule has 0 aliphatic carbocycles. The highest BCUT2D eigenvalue weighted by Gasteiger charge is 2.27.